The minimum Gasteiger partial charge on any atom is -0.495 e. The van der Waals surface area contributed by atoms with Crippen molar-refractivity contribution in [1.82, 2.24) is 0 Å². The van der Waals surface area contributed by atoms with Crippen LogP contribution in [0.3, 0.4) is 0 Å². The number of ether oxygens (including phenoxy) is 1. The molecule has 2 rings (SSSR count). The standard InChI is InChI=1S/C14H13BrClNO3S/c1-9-3-4-10(7-12(9)15)17-21(18,19)11-5-6-14(20-2)13(16)8-11/h3-8,17H,1-2H3. The number of methoxy groups -OCH3 is 1. The summed E-state index contributed by atoms with van der Waals surface area (Å²) in [6.45, 7) is 1.92. The molecule has 0 atom stereocenters. The van der Waals surface area contributed by atoms with Crippen molar-refractivity contribution < 1.29 is 13.2 Å². The van der Waals surface area contributed by atoms with Gasteiger partial charge >= 0.3 is 0 Å². The Kier molecular flexibility index (Phi) is 4.81. The number of halogens is 2. The van der Waals surface area contributed by atoms with Gasteiger partial charge in [-0.2, -0.15) is 0 Å². The topological polar surface area (TPSA) is 55.4 Å². The Morgan fingerprint density at radius 2 is 1.90 bits per heavy atom. The maximum Gasteiger partial charge on any atom is 0.261 e. The van der Waals surface area contributed by atoms with Crippen LogP contribution in [0.25, 0.3) is 0 Å². The minimum absolute atomic E-state index is 0.0741. The van der Waals surface area contributed by atoms with Crippen molar-refractivity contribution in [3.8, 4) is 5.75 Å². The number of hydrogen-bond acceptors (Lipinski definition) is 3. The molecular formula is C14H13BrClNO3S. The van der Waals surface area contributed by atoms with Crippen LogP contribution in [0, 0.1) is 6.92 Å². The van der Waals surface area contributed by atoms with Crippen molar-refractivity contribution in [2.45, 2.75) is 11.8 Å². The molecule has 0 fully saturated rings. The zero-order chi connectivity index (χ0) is 15.6. The van der Waals surface area contributed by atoms with Crippen LogP contribution in [0.5, 0.6) is 5.75 Å². The molecule has 0 aliphatic rings. The molecule has 1 N–H and O–H groups in total. The van der Waals surface area contributed by atoms with Crippen molar-refractivity contribution in [2.75, 3.05) is 11.8 Å². The summed E-state index contributed by atoms with van der Waals surface area (Å²) < 4.78 is 33.0. The molecule has 4 nitrogen and oxygen atoms in total. The van der Waals surface area contributed by atoms with Gasteiger partial charge in [0.2, 0.25) is 0 Å². The number of hydrogen-bond donors (Lipinski definition) is 1. The van der Waals surface area contributed by atoms with Crippen LogP contribution in [0.2, 0.25) is 5.02 Å². The van der Waals surface area contributed by atoms with Gasteiger partial charge in [-0.15, -0.1) is 0 Å². The van der Waals surface area contributed by atoms with Crippen molar-refractivity contribution >= 4 is 43.2 Å². The summed E-state index contributed by atoms with van der Waals surface area (Å²) in [4.78, 5) is 0.0741. The van der Waals surface area contributed by atoms with Crippen molar-refractivity contribution in [3.63, 3.8) is 0 Å². The summed E-state index contributed by atoms with van der Waals surface area (Å²) in [5.41, 5.74) is 1.49. The van der Waals surface area contributed by atoms with E-state index in [2.05, 4.69) is 20.7 Å². The summed E-state index contributed by atoms with van der Waals surface area (Å²) in [6, 6.07) is 9.54. The average Bonchev–Trinajstić information content (AvgIpc) is 2.42. The molecule has 21 heavy (non-hydrogen) atoms. The molecule has 2 aromatic carbocycles. The Morgan fingerprint density at radius 1 is 1.19 bits per heavy atom. The molecule has 0 radical (unpaired) electrons. The summed E-state index contributed by atoms with van der Waals surface area (Å²) in [6.07, 6.45) is 0. The van der Waals surface area contributed by atoms with Gasteiger partial charge in [0.1, 0.15) is 5.75 Å². The number of sulfonamides is 1. The van der Waals surface area contributed by atoms with Crippen LogP contribution in [0.4, 0.5) is 5.69 Å². The second-order valence-corrected chi connectivity index (χ2v) is 7.31. The van der Waals surface area contributed by atoms with E-state index < -0.39 is 10.0 Å². The van der Waals surface area contributed by atoms with Gasteiger partial charge in [0, 0.05) is 10.2 Å². The SMILES string of the molecule is COc1ccc(S(=O)(=O)Nc2ccc(C)c(Br)c2)cc1Cl. The fourth-order valence-corrected chi connectivity index (χ4v) is 3.46. The maximum absolute atomic E-state index is 12.3. The van der Waals surface area contributed by atoms with E-state index in [1.807, 2.05) is 13.0 Å². The molecule has 0 bridgehead atoms. The van der Waals surface area contributed by atoms with Gasteiger partial charge < -0.3 is 4.74 Å². The highest BCUT2D eigenvalue weighted by Crippen LogP contribution is 2.28. The number of nitrogens with one attached hydrogen (secondary N) is 1. The van der Waals surface area contributed by atoms with E-state index in [0.717, 1.165) is 10.0 Å². The summed E-state index contributed by atoms with van der Waals surface area (Å²) >= 11 is 9.33. The zero-order valence-electron chi connectivity index (χ0n) is 11.4. The van der Waals surface area contributed by atoms with Crippen molar-refractivity contribution in [3.05, 3.63) is 51.5 Å². The summed E-state index contributed by atoms with van der Waals surface area (Å²) in [5.74, 6) is 0.425. The third-order valence-corrected chi connectivity index (χ3v) is 5.39. The molecule has 0 unspecified atom stereocenters. The lowest BCUT2D eigenvalue weighted by Gasteiger charge is -2.10. The molecule has 0 saturated heterocycles. The first-order chi connectivity index (χ1) is 9.83. The van der Waals surface area contributed by atoms with Crippen LogP contribution in [0.15, 0.2) is 45.8 Å². The molecule has 0 amide bonds. The van der Waals surface area contributed by atoms with Crippen molar-refractivity contribution in [1.29, 1.82) is 0 Å². The molecule has 0 aliphatic carbocycles. The number of aryl methyl sites for hydroxylation is 1. The number of rotatable bonds is 4. The molecule has 0 heterocycles. The fourth-order valence-electron chi connectivity index (χ4n) is 1.68. The predicted molar refractivity (Wildman–Crippen MR) is 87.7 cm³/mol. The van der Waals surface area contributed by atoms with E-state index in [9.17, 15) is 8.42 Å². The van der Waals surface area contributed by atoms with E-state index in [1.165, 1.54) is 25.3 Å². The molecule has 0 aliphatic heterocycles. The quantitative estimate of drug-likeness (QED) is 0.850. The summed E-state index contributed by atoms with van der Waals surface area (Å²) in [5, 5.41) is 0.241. The van der Waals surface area contributed by atoms with Crippen LogP contribution in [-0.4, -0.2) is 15.5 Å². The Labute approximate surface area is 137 Å². The Bertz CT molecular complexity index is 778. The molecule has 0 aromatic heterocycles. The van der Waals surface area contributed by atoms with Crippen LogP contribution < -0.4 is 9.46 Å². The first kappa shape index (κ1) is 16.1. The number of benzene rings is 2. The first-order valence-corrected chi connectivity index (χ1v) is 8.61. The van der Waals surface area contributed by atoms with Gasteiger partial charge in [-0.05, 0) is 42.8 Å². The second-order valence-electron chi connectivity index (χ2n) is 4.37. The lowest BCUT2D eigenvalue weighted by Crippen LogP contribution is -2.13. The lowest BCUT2D eigenvalue weighted by molar-refractivity contribution is 0.414. The fraction of sp³-hybridized carbons (Fsp3) is 0.143. The van der Waals surface area contributed by atoms with Gasteiger partial charge in [0.05, 0.1) is 17.0 Å². The molecule has 112 valence electrons. The van der Waals surface area contributed by atoms with E-state index in [-0.39, 0.29) is 9.92 Å². The molecule has 0 saturated carbocycles. The number of anilines is 1. The lowest BCUT2D eigenvalue weighted by atomic mass is 10.2. The molecule has 0 spiro atoms. The highest BCUT2D eigenvalue weighted by Gasteiger charge is 2.16. The Balaban J connectivity index is 2.33. The smallest absolute Gasteiger partial charge is 0.261 e. The highest BCUT2D eigenvalue weighted by molar-refractivity contribution is 9.10. The van der Waals surface area contributed by atoms with Crippen LogP contribution >= 0.6 is 27.5 Å². The second kappa shape index (κ2) is 6.25. The third-order valence-electron chi connectivity index (χ3n) is 2.86. The monoisotopic (exact) mass is 389 g/mol. The van der Waals surface area contributed by atoms with E-state index in [1.54, 1.807) is 12.1 Å². The van der Waals surface area contributed by atoms with Gasteiger partial charge in [-0.3, -0.25) is 4.72 Å². The van der Waals surface area contributed by atoms with Crippen molar-refractivity contribution in [2.24, 2.45) is 0 Å². The zero-order valence-corrected chi connectivity index (χ0v) is 14.5. The minimum atomic E-state index is -3.70. The molecular weight excluding hydrogens is 378 g/mol. The van der Waals surface area contributed by atoms with Crippen LogP contribution in [-0.2, 0) is 10.0 Å². The van der Waals surface area contributed by atoms with Gasteiger partial charge in [0.15, 0.2) is 0 Å². The highest BCUT2D eigenvalue weighted by atomic mass is 79.9. The van der Waals surface area contributed by atoms with Gasteiger partial charge in [-0.25, -0.2) is 8.42 Å². The Morgan fingerprint density at radius 3 is 2.48 bits per heavy atom. The van der Waals surface area contributed by atoms with Gasteiger partial charge in [-0.1, -0.05) is 33.6 Å². The largest absolute Gasteiger partial charge is 0.495 e. The predicted octanol–water partition coefficient (Wildman–Crippen LogP) is 4.22. The van der Waals surface area contributed by atoms with E-state index in [0.29, 0.717) is 11.4 Å². The first-order valence-electron chi connectivity index (χ1n) is 5.96. The average molecular weight is 391 g/mol. The van der Waals surface area contributed by atoms with E-state index >= 15 is 0 Å². The maximum atomic E-state index is 12.3. The third kappa shape index (κ3) is 3.70. The molecule has 7 heteroatoms. The molecule has 2 aromatic rings. The van der Waals surface area contributed by atoms with Gasteiger partial charge in [0.25, 0.3) is 10.0 Å². The van der Waals surface area contributed by atoms with Crippen LogP contribution in [0.1, 0.15) is 5.56 Å². The summed E-state index contributed by atoms with van der Waals surface area (Å²) in [7, 11) is -2.23. The normalized spacial score (nSPS) is 11.2. The van der Waals surface area contributed by atoms with E-state index in [4.69, 9.17) is 16.3 Å². The Hall–Kier alpha value is -1.24.